The molecule has 11 heteroatoms. The number of benzene rings is 2. The lowest BCUT2D eigenvalue weighted by atomic mass is 9.45. The fraction of sp³-hybridized carbons (Fsp3) is 0.682. The summed E-state index contributed by atoms with van der Waals surface area (Å²) in [5, 5.41) is 19.1. The minimum Gasteiger partial charge on any atom is -0.496 e. The minimum atomic E-state index is -0.916. The van der Waals surface area contributed by atoms with E-state index in [1.807, 2.05) is 56.3 Å². The molecule has 8 bridgehead atoms. The van der Waals surface area contributed by atoms with Gasteiger partial charge >= 0.3 is 0 Å². The normalized spacial score (nSPS) is 37.4. The first kappa shape index (κ1) is 39.4. The summed E-state index contributed by atoms with van der Waals surface area (Å²) in [6, 6.07) is 13.9. The summed E-state index contributed by atoms with van der Waals surface area (Å²) in [7, 11) is 3.47. The fourth-order valence-corrected chi connectivity index (χ4v) is 12.8. The van der Waals surface area contributed by atoms with Gasteiger partial charge in [0.1, 0.15) is 17.3 Å². The van der Waals surface area contributed by atoms with E-state index in [-0.39, 0.29) is 24.4 Å². The van der Waals surface area contributed by atoms with Gasteiger partial charge in [-0.05, 0) is 138 Å². The number of methoxy groups -OCH3 is 2. The predicted molar refractivity (Wildman–Crippen MR) is 206 cm³/mol. The molecule has 302 valence electrons. The average molecular weight is 783 g/mol. The van der Waals surface area contributed by atoms with Gasteiger partial charge in [-0.2, -0.15) is 4.89 Å². The Bertz CT molecular complexity index is 1670. The molecule has 55 heavy (non-hydrogen) atoms. The van der Waals surface area contributed by atoms with Crippen molar-refractivity contribution < 1.29 is 48.4 Å². The molecule has 5 atom stereocenters. The lowest BCUT2D eigenvalue weighted by molar-refractivity contribution is -0.647. The highest BCUT2D eigenvalue weighted by Gasteiger charge is 2.78. The Balaban J connectivity index is 0.000000155. The summed E-state index contributed by atoms with van der Waals surface area (Å²) in [6.07, 6.45) is 10.8. The smallest absolute Gasteiger partial charge is 0.260 e. The molecule has 0 aromatic heterocycles. The van der Waals surface area contributed by atoms with Crippen LogP contribution in [-0.2, 0) is 34.5 Å². The first-order valence-electron chi connectivity index (χ1n) is 20.6. The van der Waals surface area contributed by atoms with Crippen LogP contribution < -0.4 is 9.47 Å². The summed E-state index contributed by atoms with van der Waals surface area (Å²) in [5.74, 6) is 4.57. The molecular formula is C44H59ClO10. The summed E-state index contributed by atoms with van der Waals surface area (Å²) in [5.41, 5.74) is 2.77. The van der Waals surface area contributed by atoms with Crippen molar-refractivity contribution in [2.24, 2.45) is 35.5 Å². The zero-order valence-electron chi connectivity index (χ0n) is 32.9. The van der Waals surface area contributed by atoms with Gasteiger partial charge in [-0.15, -0.1) is 0 Å². The van der Waals surface area contributed by atoms with E-state index in [9.17, 15) is 10.2 Å². The molecule has 2 aromatic carbocycles. The van der Waals surface area contributed by atoms with Crippen molar-refractivity contribution in [3.63, 3.8) is 0 Å². The molecule has 8 saturated carbocycles. The number of allylic oxidation sites excluding steroid dienone is 1. The Hall–Kier alpha value is -2.41. The van der Waals surface area contributed by atoms with E-state index < -0.39 is 11.4 Å². The number of halogens is 1. The Morgan fingerprint density at radius 1 is 0.764 bits per heavy atom. The second-order valence-corrected chi connectivity index (χ2v) is 17.4. The third kappa shape index (κ3) is 6.70. The van der Waals surface area contributed by atoms with Gasteiger partial charge in [0, 0.05) is 30.1 Å². The van der Waals surface area contributed by atoms with Gasteiger partial charge in [-0.3, -0.25) is 0 Å². The van der Waals surface area contributed by atoms with Crippen LogP contribution in [0, 0.1) is 35.5 Å². The molecular weight excluding hydrogens is 724 g/mol. The van der Waals surface area contributed by atoms with Crippen LogP contribution in [0.5, 0.6) is 11.5 Å². The van der Waals surface area contributed by atoms with E-state index in [1.165, 1.54) is 18.4 Å². The zero-order chi connectivity index (χ0) is 38.4. The van der Waals surface area contributed by atoms with Gasteiger partial charge < -0.3 is 38.6 Å². The van der Waals surface area contributed by atoms with Crippen molar-refractivity contribution in [3.05, 3.63) is 64.2 Å². The Kier molecular flexibility index (Phi) is 11.3. The van der Waals surface area contributed by atoms with Gasteiger partial charge in [0.15, 0.2) is 5.60 Å². The van der Waals surface area contributed by atoms with Crippen molar-refractivity contribution in [1.82, 2.24) is 0 Å². The zero-order valence-corrected chi connectivity index (χ0v) is 33.6. The lowest BCUT2D eigenvalue weighted by Crippen LogP contribution is -2.78. The van der Waals surface area contributed by atoms with Gasteiger partial charge in [0.05, 0.1) is 63.0 Å². The topological polar surface area (TPSA) is 114 Å². The largest absolute Gasteiger partial charge is 0.496 e. The van der Waals surface area contributed by atoms with Gasteiger partial charge in [0.25, 0.3) is 5.79 Å². The molecule has 11 rings (SSSR count). The SMILES string of the molecule is CCOc1cc(C(OC)=C2C3CC4CC2CC(OCCO)(C4)C3)ccc1Cl.CCOc1cccc(C2(OC)OOC23C2CC4CC3CC(OCCO)(C4)C2)c1. The maximum Gasteiger partial charge on any atom is 0.260 e. The van der Waals surface area contributed by atoms with Crippen LogP contribution in [0.15, 0.2) is 48.0 Å². The van der Waals surface area contributed by atoms with E-state index in [0.29, 0.717) is 66.8 Å². The van der Waals surface area contributed by atoms with E-state index in [0.717, 1.165) is 79.9 Å². The monoisotopic (exact) mass is 782 g/mol. The molecule has 1 saturated heterocycles. The molecule has 10 nitrogen and oxygen atoms in total. The number of hydrogen-bond donors (Lipinski definition) is 2. The summed E-state index contributed by atoms with van der Waals surface area (Å²) in [6.45, 7) is 6.15. The highest BCUT2D eigenvalue weighted by Crippen LogP contribution is 2.71. The van der Waals surface area contributed by atoms with Crippen LogP contribution in [0.25, 0.3) is 5.76 Å². The number of ether oxygens (including phenoxy) is 6. The van der Waals surface area contributed by atoms with Crippen LogP contribution in [0.4, 0.5) is 0 Å². The first-order valence-corrected chi connectivity index (χ1v) is 20.9. The second-order valence-electron chi connectivity index (χ2n) is 17.0. The molecule has 1 heterocycles. The van der Waals surface area contributed by atoms with Crippen molar-refractivity contribution in [2.75, 3.05) is 53.9 Å². The highest BCUT2D eigenvalue weighted by molar-refractivity contribution is 6.32. The van der Waals surface area contributed by atoms with E-state index in [2.05, 4.69) is 0 Å². The number of hydrogen-bond acceptors (Lipinski definition) is 10. The average Bonchev–Trinajstić information content (AvgIpc) is 3.16. The molecule has 1 aliphatic heterocycles. The molecule has 9 aliphatic rings. The van der Waals surface area contributed by atoms with Gasteiger partial charge in [-0.25, -0.2) is 4.89 Å². The fourth-order valence-electron chi connectivity index (χ4n) is 12.6. The van der Waals surface area contributed by atoms with Crippen molar-refractivity contribution in [1.29, 1.82) is 0 Å². The quantitative estimate of drug-likeness (QED) is 0.145. The van der Waals surface area contributed by atoms with Crippen LogP contribution in [-0.4, -0.2) is 80.9 Å². The summed E-state index contributed by atoms with van der Waals surface area (Å²) in [4.78, 5) is 11.9. The Morgan fingerprint density at radius 3 is 1.96 bits per heavy atom. The number of aliphatic hydroxyl groups is 2. The van der Waals surface area contributed by atoms with E-state index in [1.54, 1.807) is 14.2 Å². The molecule has 1 spiro atoms. The minimum absolute atomic E-state index is 0.0436. The number of aliphatic hydroxyl groups excluding tert-OH is 2. The van der Waals surface area contributed by atoms with Gasteiger partial charge in [-0.1, -0.05) is 23.7 Å². The van der Waals surface area contributed by atoms with Crippen molar-refractivity contribution in [2.45, 2.75) is 101 Å². The number of rotatable bonds is 14. The molecule has 2 aromatic rings. The molecule has 9 fully saturated rings. The molecule has 5 unspecified atom stereocenters. The van der Waals surface area contributed by atoms with Crippen molar-refractivity contribution in [3.8, 4) is 11.5 Å². The van der Waals surface area contributed by atoms with E-state index in [4.69, 9.17) is 49.8 Å². The summed E-state index contributed by atoms with van der Waals surface area (Å²) >= 11 is 6.28. The van der Waals surface area contributed by atoms with Gasteiger partial charge in [0.2, 0.25) is 0 Å². The van der Waals surface area contributed by atoms with Crippen LogP contribution in [0.2, 0.25) is 5.02 Å². The standard InChI is InChI=1S/C22H29ClO4.C22H30O6/c1-3-26-19-10-15(4-5-18(19)23)21(25-2)20-16-8-14-9-17(20)13-22(11-14,12-16)27-7-6-24;1-3-25-19-6-4-5-16(11-19)22(24-2)21(27-28-22)17-9-15-10-18(21)14-20(12-15,13-17)26-8-7-23/h4-5,10,14,16-17,24H,3,6-9,11-13H2,1-2H3;4-6,11,15,17-18,23H,3,7-10,12-14H2,1-2H3. The summed E-state index contributed by atoms with van der Waals surface area (Å²) < 4.78 is 35.8. The Labute approximate surface area is 330 Å². The highest BCUT2D eigenvalue weighted by atomic mass is 35.5. The lowest BCUT2D eigenvalue weighted by Gasteiger charge is -2.70. The molecule has 0 amide bonds. The third-order valence-electron chi connectivity index (χ3n) is 13.9. The predicted octanol–water partition coefficient (Wildman–Crippen LogP) is 7.86. The Morgan fingerprint density at radius 2 is 1.40 bits per heavy atom. The first-order chi connectivity index (χ1) is 26.7. The third-order valence-corrected chi connectivity index (χ3v) is 14.3. The molecule has 0 radical (unpaired) electrons. The van der Waals surface area contributed by atoms with Crippen LogP contribution >= 0.6 is 11.6 Å². The maximum atomic E-state index is 9.27. The second kappa shape index (κ2) is 15.7. The van der Waals surface area contributed by atoms with Crippen LogP contribution in [0.1, 0.15) is 89.2 Å². The maximum absolute atomic E-state index is 9.27. The van der Waals surface area contributed by atoms with E-state index >= 15 is 0 Å². The van der Waals surface area contributed by atoms with Crippen molar-refractivity contribution >= 4 is 17.4 Å². The molecule has 8 aliphatic carbocycles. The van der Waals surface area contributed by atoms with Crippen LogP contribution in [0.3, 0.4) is 0 Å². The molecule has 2 N–H and O–H groups in total.